The maximum absolute atomic E-state index is 13.6. The number of hydrogen-bond acceptors (Lipinski definition) is 3. The number of halogens is 3. The van der Waals surface area contributed by atoms with E-state index in [0.29, 0.717) is 40.9 Å². The number of rotatable bonds is 2. The fraction of sp³-hybridized carbons (Fsp3) is 0.250. The normalized spacial score (nSPS) is 18.0. The molecule has 1 aliphatic rings. The molecule has 0 spiro atoms. The molecule has 1 N–H and O–H groups in total. The summed E-state index contributed by atoms with van der Waals surface area (Å²) in [7, 11) is 0. The largest absolute Gasteiger partial charge is 0.354 e. The Balaban J connectivity index is 1.96. The summed E-state index contributed by atoms with van der Waals surface area (Å²) in [5, 5.41) is 8.57. The van der Waals surface area contributed by atoms with Crippen LogP contribution in [0.25, 0.3) is 22.0 Å². The summed E-state index contributed by atoms with van der Waals surface area (Å²) in [5.41, 5.74) is 2.49. The number of hydrogen-bond donors (Lipinski definition) is 1. The maximum atomic E-state index is 13.6. The molecule has 4 rings (SSSR count). The molecule has 23 heavy (non-hydrogen) atoms. The van der Waals surface area contributed by atoms with Gasteiger partial charge in [-0.05, 0) is 24.1 Å². The molecular formula is C16H13Cl2FN4. The first-order valence-corrected chi connectivity index (χ1v) is 8.06. The molecule has 0 radical (unpaired) electrons. The van der Waals surface area contributed by atoms with E-state index in [9.17, 15) is 4.39 Å². The van der Waals surface area contributed by atoms with Crippen molar-refractivity contribution in [3.63, 3.8) is 0 Å². The van der Waals surface area contributed by atoms with Crippen molar-refractivity contribution in [1.82, 2.24) is 15.2 Å². The third kappa shape index (κ3) is 2.54. The highest BCUT2D eigenvalue weighted by atomic mass is 35.5. The van der Waals surface area contributed by atoms with Crippen molar-refractivity contribution in [1.29, 1.82) is 0 Å². The van der Waals surface area contributed by atoms with Crippen LogP contribution in [0.1, 0.15) is 6.42 Å². The van der Waals surface area contributed by atoms with Gasteiger partial charge in [-0.25, -0.2) is 9.37 Å². The molecule has 3 aromatic rings. The summed E-state index contributed by atoms with van der Waals surface area (Å²) in [6.07, 6.45) is 3.25. The van der Waals surface area contributed by atoms with Gasteiger partial charge in [0.15, 0.2) is 0 Å². The van der Waals surface area contributed by atoms with Crippen molar-refractivity contribution < 1.29 is 4.39 Å². The minimum atomic E-state index is -0.820. The van der Waals surface area contributed by atoms with E-state index in [1.807, 2.05) is 23.2 Å². The standard InChI is InChI=1S/C16H13Cl2FN4/c17-13-2-1-11-12(9-6-20-21-7-9)5-14(22-16(11)15(13)18)23-4-3-10(19)8-23/h1-2,5-7,10H,3-4,8H2,(H,20,21)/t10-/m1/s1. The van der Waals surface area contributed by atoms with Gasteiger partial charge in [-0.3, -0.25) is 5.10 Å². The molecule has 0 bridgehead atoms. The molecule has 1 fully saturated rings. The van der Waals surface area contributed by atoms with Gasteiger partial charge in [0.1, 0.15) is 12.0 Å². The minimum Gasteiger partial charge on any atom is -0.354 e. The summed E-state index contributed by atoms with van der Waals surface area (Å²) in [6.45, 7) is 0.990. The first kappa shape index (κ1) is 14.7. The summed E-state index contributed by atoms with van der Waals surface area (Å²) >= 11 is 12.5. The van der Waals surface area contributed by atoms with Crippen LogP contribution in [-0.4, -0.2) is 34.4 Å². The molecule has 1 atom stereocenters. The van der Waals surface area contributed by atoms with Crippen LogP contribution in [0.3, 0.4) is 0 Å². The van der Waals surface area contributed by atoms with Gasteiger partial charge in [0, 0.05) is 23.7 Å². The van der Waals surface area contributed by atoms with E-state index in [2.05, 4.69) is 15.2 Å². The van der Waals surface area contributed by atoms with Crippen molar-refractivity contribution in [3.8, 4) is 11.1 Å². The van der Waals surface area contributed by atoms with Crippen molar-refractivity contribution in [2.45, 2.75) is 12.6 Å². The topological polar surface area (TPSA) is 44.8 Å². The Labute approximate surface area is 142 Å². The van der Waals surface area contributed by atoms with Crippen LogP contribution in [0.4, 0.5) is 10.2 Å². The van der Waals surface area contributed by atoms with Gasteiger partial charge in [0.05, 0.1) is 28.3 Å². The van der Waals surface area contributed by atoms with Crippen LogP contribution < -0.4 is 4.90 Å². The van der Waals surface area contributed by atoms with Crippen molar-refractivity contribution >= 4 is 39.9 Å². The Morgan fingerprint density at radius 1 is 1.30 bits per heavy atom. The fourth-order valence-corrected chi connectivity index (χ4v) is 3.30. The molecule has 4 nitrogen and oxygen atoms in total. The van der Waals surface area contributed by atoms with Crippen molar-refractivity contribution in [3.05, 3.63) is 40.6 Å². The van der Waals surface area contributed by atoms with E-state index >= 15 is 0 Å². The monoisotopic (exact) mass is 350 g/mol. The van der Waals surface area contributed by atoms with Crippen LogP contribution in [0.5, 0.6) is 0 Å². The lowest BCUT2D eigenvalue weighted by atomic mass is 10.0. The van der Waals surface area contributed by atoms with E-state index in [0.717, 1.165) is 16.5 Å². The summed E-state index contributed by atoms with van der Waals surface area (Å²) in [5.74, 6) is 0.706. The highest BCUT2D eigenvalue weighted by molar-refractivity contribution is 6.45. The molecule has 0 aliphatic carbocycles. The molecule has 0 unspecified atom stereocenters. The van der Waals surface area contributed by atoms with Gasteiger partial charge in [-0.15, -0.1) is 0 Å². The molecule has 0 amide bonds. The van der Waals surface area contributed by atoms with Gasteiger partial charge < -0.3 is 4.90 Å². The van der Waals surface area contributed by atoms with Crippen LogP contribution in [-0.2, 0) is 0 Å². The summed E-state index contributed by atoms with van der Waals surface area (Å²) in [4.78, 5) is 6.57. The Morgan fingerprint density at radius 2 is 2.17 bits per heavy atom. The molecular weight excluding hydrogens is 338 g/mol. The predicted octanol–water partition coefficient (Wildman–Crippen LogP) is 4.48. The molecule has 1 saturated heterocycles. The Morgan fingerprint density at radius 3 is 2.87 bits per heavy atom. The fourth-order valence-electron chi connectivity index (χ4n) is 2.94. The third-order valence-electron chi connectivity index (χ3n) is 4.12. The lowest BCUT2D eigenvalue weighted by molar-refractivity contribution is 0.364. The summed E-state index contributed by atoms with van der Waals surface area (Å²) < 4.78 is 13.6. The Hall–Kier alpha value is -1.85. The van der Waals surface area contributed by atoms with E-state index in [1.165, 1.54) is 0 Å². The number of H-pyrrole nitrogens is 1. The first-order valence-electron chi connectivity index (χ1n) is 7.30. The average Bonchev–Trinajstić information content (AvgIpc) is 3.21. The molecule has 1 aliphatic heterocycles. The lowest BCUT2D eigenvalue weighted by Gasteiger charge is -2.19. The SMILES string of the molecule is F[C@@H]1CCN(c2cc(-c3cn[nH]c3)c3ccc(Cl)c(Cl)c3n2)C1. The molecule has 2 aromatic heterocycles. The number of pyridine rings is 1. The van der Waals surface area contributed by atoms with Gasteiger partial charge in [0.2, 0.25) is 0 Å². The highest BCUT2D eigenvalue weighted by Gasteiger charge is 2.24. The zero-order valence-electron chi connectivity index (χ0n) is 12.1. The van der Waals surface area contributed by atoms with Crippen molar-refractivity contribution in [2.24, 2.45) is 0 Å². The number of nitrogens with one attached hydrogen (secondary N) is 1. The number of nitrogens with zero attached hydrogens (tertiary/aromatic N) is 3. The second kappa shape index (κ2) is 5.65. The molecule has 118 valence electrons. The van der Waals surface area contributed by atoms with Crippen LogP contribution >= 0.6 is 23.2 Å². The smallest absolute Gasteiger partial charge is 0.130 e. The second-order valence-corrected chi connectivity index (χ2v) is 6.39. The number of fused-ring (bicyclic) bond motifs is 1. The van der Waals surface area contributed by atoms with E-state index < -0.39 is 6.17 Å². The predicted molar refractivity (Wildman–Crippen MR) is 91.1 cm³/mol. The number of aromatic amines is 1. The van der Waals surface area contributed by atoms with Gasteiger partial charge >= 0.3 is 0 Å². The van der Waals surface area contributed by atoms with E-state index in [-0.39, 0.29) is 0 Å². The van der Waals surface area contributed by atoms with Crippen LogP contribution in [0, 0.1) is 0 Å². The molecule has 0 saturated carbocycles. The highest BCUT2D eigenvalue weighted by Crippen LogP contribution is 2.37. The minimum absolute atomic E-state index is 0.349. The van der Waals surface area contributed by atoms with E-state index in [1.54, 1.807) is 12.3 Å². The molecule has 7 heteroatoms. The van der Waals surface area contributed by atoms with E-state index in [4.69, 9.17) is 23.2 Å². The van der Waals surface area contributed by atoms with Crippen molar-refractivity contribution in [2.75, 3.05) is 18.0 Å². The third-order valence-corrected chi connectivity index (χ3v) is 4.92. The van der Waals surface area contributed by atoms with Gasteiger partial charge in [-0.1, -0.05) is 29.3 Å². The first-order chi connectivity index (χ1) is 11.1. The Kier molecular flexibility index (Phi) is 3.62. The number of anilines is 1. The van der Waals surface area contributed by atoms with Gasteiger partial charge in [-0.2, -0.15) is 5.10 Å². The average molecular weight is 351 g/mol. The lowest BCUT2D eigenvalue weighted by Crippen LogP contribution is -2.21. The number of benzene rings is 1. The van der Waals surface area contributed by atoms with Crippen LogP contribution in [0.15, 0.2) is 30.6 Å². The zero-order chi connectivity index (χ0) is 16.0. The van der Waals surface area contributed by atoms with Gasteiger partial charge in [0.25, 0.3) is 0 Å². The number of aromatic nitrogens is 3. The summed E-state index contributed by atoms with van der Waals surface area (Å²) in [6, 6.07) is 5.60. The Bertz CT molecular complexity index is 866. The molecule has 3 heterocycles. The second-order valence-electron chi connectivity index (χ2n) is 5.60. The molecule has 1 aromatic carbocycles. The quantitative estimate of drug-likeness (QED) is 0.740. The zero-order valence-corrected chi connectivity index (χ0v) is 13.6. The van der Waals surface area contributed by atoms with Crippen LogP contribution in [0.2, 0.25) is 10.0 Å². The number of alkyl halides is 1. The maximum Gasteiger partial charge on any atom is 0.130 e.